The van der Waals surface area contributed by atoms with Crippen LogP contribution in [-0.2, 0) is 13.0 Å². The van der Waals surface area contributed by atoms with Gasteiger partial charge in [-0.25, -0.2) is 4.98 Å². The van der Waals surface area contributed by atoms with Gasteiger partial charge in [-0.1, -0.05) is 18.2 Å². The summed E-state index contributed by atoms with van der Waals surface area (Å²) in [6.45, 7) is 1.84. The molecule has 0 radical (unpaired) electrons. The Bertz CT molecular complexity index is 644. The predicted octanol–water partition coefficient (Wildman–Crippen LogP) is 3.02. The number of hydrogen-bond acceptors (Lipinski definition) is 4. The van der Waals surface area contributed by atoms with E-state index in [1.54, 1.807) is 11.3 Å². The van der Waals surface area contributed by atoms with Crippen molar-refractivity contribution in [1.82, 2.24) is 15.3 Å². The second-order valence-corrected chi connectivity index (χ2v) is 5.35. The molecule has 0 amide bonds. The van der Waals surface area contributed by atoms with Crippen molar-refractivity contribution in [2.45, 2.75) is 13.0 Å². The Labute approximate surface area is 116 Å². The van der Waals surface area contributed by atoms with Crippen molar-refractivity contribution in [2.24, 2.45) is 0 Å². The van der Waals surface area contributed by atoms with Crippen LogP contribution >= 0.6 is 11.3 Å². The van der Waals surface area contributed by atoms with Gasteiger partial charge in [0.25, 0.3) is 0 Å². The van der Waals surface area contributed by atoms with Gasteiger partial charge in [0.1, 0.15) is 0 Å². The van der Waals surface area contributed by atoms with E-state index in [0.717, 1.165) is 19.5 Å². The first-order valence-electron chi connectivity index (χ1n) is 6.34. The predicted molar refractivity (Wildman–Crippen MR) is 79.3 cm³/mol. The molecule has 19 heavy (non-hydrogen) atoms. The normalized spacial score (nSPS) is 10.9. The molecule has 3 rings (SSSR count). The van der Waals surface area contributed by atoms with Gasteiger partial charge in [-0.05, 0) is 17.0 Å². The minimum atomic E-state index is 0.882. The zero-order chi connectivity index (χ0) is 12.9. The van der Waals surface area contributed by atoms with E-state index in [-0.39, 0.29) is 0 Å². The van der Waals surface area contributed by atoms with Crippen LogP contribution in [0.25, 0.3) is 10.8 Å². The molecule has 0 spiro atoms. The van der Waals surface area contributed by atoms with Gasteiger partial charge in [-0.2, -0.15) is 0 Å². The third-order valence-corrected chi connectivity index (χ3v) is 3.93. The maximum Gasteiger partial charge on any atom is 0.0937 e. The SMILES string of the molecule is c1cc(CNCCc2nccs2)c2ccncc2c1. The highest BCUT2D eigenvalue weighted by Gasteiger charge is 2.00. The largest absolute Gasteiger partial charge is 0.312 e. The van der Waals surface area contributed by atoms with Crippen LogP contribution in [0.4, 0.5) is 0 Å². The van der Waals surface area contributed by atoms with Crippen molar-refractivity contribution in [3.8, 4) is 0 Å². The van der Waals surface area contributed by atoms with Crippen molar-refractivity contribution < 1.29 is 0 Å². The molecule has 0 fully saturated rings. The maximum atomic E-state index is 4.28. The summed E-state index contributed by atoms with van der Waals surface area (Å²) in [7, 11) is 0. The first kappa shape index (κ1) is 12.3. The molecule has 3 aromatic rings. The number of pyridine rings is 1. The fraction of sp³-hybridized carbons (Fsp3) is 0.200. The summed E-state index contributed by atoms with van der Waals surface area (Å²) in [5, 5.41) is 9.16. The fourth-order valence-corrected chi connectivity index (χ4v) is 2.76. The standard InChI is InChI=1S/C15H15N3S/c1-2-12-10-16-6-4-14(12)13(3-1)11-17-7-5-15-18-8-9-19-15/h1-4,6,8-10,17H,5,7,11H2. The highest BCUT2D eigenvalue weighted by atomic mass is 32.1. The van der Waals surface area contributed by atoms with Crippen molar-refractivity contribution in [3.05, 3.63) is 58.8 Å². The molecular weight excluding hydrogens is 254 g/mol. The smallest absolute Gasteiger partial charge is 0.0937 e. The molecule has 96 valence electrons. The highest BCUT2D eigenvalue weighted by Crippen LogP contribution is 2.17. The van der Waals surface area contributed by atoms with Gasteiger partial charge in [0, 0.05) is 48.9 Å². The monoisotopic (exact) mass is 269 g/mol. The number of nitrogens with one attached hydrogen (secondary N) is 1. The molecule has 0 saturated heterocycles. The molecular formula is C15H15N3S. The third kappa shape index (κ3) is 2.97. The van der Waals surface area contributed by atoms with Crippen LogP contribution in [0.1, 0.15) is 10.6 Å². The summed E-state index contributed by atoms with van der Waals surface area (Å²) in [6.07, 6.45) is 6.61. The summed E-state index contributed by atoms with van der Waals surface area (Å²) in [5.41, 5.74) is 1.32. The average molecular weight is 269 g/mol. The first-order chi connectivity index (χ1) is 9.43. The lowest BCUT2D eigenvalue weighted by molar-refractivity contribution is 0.688. The third-order valence-electron chi connectivity index (χ3n) is 3.09. The summed E-state index contributed by atoms with van der Waals surface area (Å²) in [5.74, 6) is 0. The number of rotatable bonds is 5. The molecule has 2 aromatic heterocycles. The Morgan fingerprint density at radius 2 is 2.16 bits per heavy atom. The molecule has 0 aliphatic rings. The zero-order valence-corrected chi connectivity index (χ0v) is 11.4. The molecule has 0 unspecified atom stereocenters. The molecule has 1 N–H and O–H groups in total. The van der Waals surface area contributed by atoms with Crippen LogP contribution in [0.3, 0.4) is 0 Å². The van der Waals surface area contributed by atoms with Crippen LogP contribution in [-0.4, -0.2) is 16.5 Å². The Hall–Kier alpha value is -1.78. The molecule has 2 heterocycles. The average Bonchev–Trinajstić information content (AvgIpc) is 2.97. The number of nitrogens with zero attached hydrogens (tertiary/aromatic N) is 2. The van der Waals surface area contributed by atoms with E-state index >= 15 is 0 Å². The molecule has 3 nitrogen and oxygen atoms in total. The van der Waals surface area contributed by atoms with E-state index in [2.05, 4.69) is 39.6 Å². The summed E-state index contributed by atoms with van der Waals surface area (Å²) in [6, 6.07) is 8.43. The van der Waals surface area contributed by atoms with E-state index in [0.29, 0.717) is 0 Å². The second kappa shape index (κ2) is 5.91. The van der Waals surface area contributed by atoms with Crippen LogP contribution in [0, 0.1) is 0 Å². The number of benzene rings is 1. The molecule has 0 bridgehead atoms. The molecule has 1 aromatic carbocycles. The van der Waals surface area contributed by atoms with Gasteiger partial charge in [0.15, 0.2) is 0 Å². The molecule has 0 aliphatic carbocycles. The van der Waals surface area contributed by atoms with Crippen LogP contribution in [0.15, 0.2) is 48.2 Å². The van der Waals surface area contributed by atoms with Gasteiger partial charge >= 0.3 is 0 Å². The highest BCUT2D eigenvalue weighted by molar-refractivity contribution is 7.09. The van der Waals surface area contributed by atoms with Crippen molar-refractivity contribution in [2.75, 3.05) is 6.54 Å². The van der Waals surface area contributed by atoms with E-state index in [1.807, 2.05) is 24.0 Å². The number of hydrogen-bond donors (Lipinski definition) is 1. The van der Waals surface area contributed by atoms with Gasteiger partial charge < -0.3 is 5.32 Å². The number of thiazole rings is 1. The lowest BCUT2D eigenvalue weighted by Crippen LogP contribution is -2.16. The minimum Gasteiger partial charge on any atom is -0.312 e. The van der Waals surface area contributed by atoms with Crippen LogP contribution < -0.4 is 5.32 Å². The summed E-state index contributed by atoms with van der Waals surface area (Å²) in [4.78, 5) is 8.44. The number of aromatic nitrogens is 2. The van der Waals surface area contributed by atoms with E-state index in [9.17, 15) is 0 Å². The Morgan fingerprint density at radius 1 is 1.16 bits per heavy atom. The minimum absolute atomic E-state index is 0.882. The van der Waals surface area contributed by atoms with Gasteiger partial charge in [0.2, 0.25) is 0 Å². The number of fused-ring (bicyclic) bond motifs is 1. The van der Waals surface area contributed by atoms with Crippen LogP contribution in [0.5, 0.6) is 0 Å². The zero-order valence-electron chi connectivity index (χ0n) is 10.5. The van der Waals surface area contributed by atoms with Gasteiger partial charge in [-0.3, -0.25) is 4.98 Å². The Morgan fingerprint density at radius 3 is 3.05 bits per heavy atom. The molecule has 0 aliphatic heterocycles. The van der Waals surface area contributed by atoms with E-state index < -0.39 is 0 Å². The lowest BCUT2D eigenvalue weighted by atomic mass is 10.1. The van der Waals surface area contributed by atoms with Crippen LogP contribution in [0.2, 0.25) is 0 Å². The Balaban J connectivity index is 1.62. The fourth-order valence-electron chi connectivity index (χ4n) is 2.14. The maximum absolute atomic E-state index is 4.28. The quantitative estimate of drug-likeness (QED) is 0.723. The first-order valence-corrected chi connectivity index (χ1v) is 7.22. The lowest BCUT2D eigenvalue weighted by Gasteiger charge is -2.07. The van der Waals surface area contributed by atoms with Crippen molar-refractivity contribution in [1.29, 1.82) is 0 Å². The summed E-state index contributed by atoms with van der Waals surface area (Å²) < 4.78 is 0. The van der Waals surface area contributed by atoms with Gasteiger partial charge in [0.05, 0.1) is 5.01 Å². The van der Waals surface area contributed by atoms with Crippen molar-refractivity contribution >= 4 is 22.1 Å². The van der Waals surface area contributed by atoms with E-state index in [4.69, 9.17) is 0 Å². The van der Waals surface area contributed by atoms with E-state index in [1.165, 1.54) is 21.3 Å². The van der Waals surface area contributed by atoms with Gasteiger partial charge in [-0.15, -0.1) is 11.3 Å². The topological polar surface area (TPSA) is 37.8 Å². The Kier molecular flexibility index (Phi) is 3.81. The molecule has 0 atom stereocenters. The molecule has 0 saturated carbocycles. The summed E-state index contributed by atoms with van der Waals surface area (Å²) >= 11 is 1.71. The van der Waals surface area contributed by atoms with Crippen molar-refractivity contribution in [3.63, 3.8) is 0 Å². The second-order valence-electron chi connectivity index (χ2n) is 4.37. The molecule has 4 heteroatoms.